The van der Waals surface area contributed by atoms with Crippen molar-refractivity contribution in [2.24, 2.45) is 0 Å². The van der Waals surface area contributed by atoms with Crippen molar-refractivity contribution in [1.29, 1.82) is 0 Å². The van der Waals surface area contributed by atoms with Gasteiger partial charge in [-0.15, -0.1) is 0 Å². The number of methoxy groups -OCH3 is 1. The maximum Gasteiger partial charge on any atom is 0.154 e. The number of ether oxygens (including phenoxy) is 1. The minimum Gasteiger partial charge on any atom is -0.385 e. The van der Waals surface area contributed by atoms with Crippen LogP contribution in [0.4, 0.5) is 0 Å². The molecule has 0 aliphatic heterocycles. The lowest BCUT2D eigenvalue weighted by molar-refractivity contribution is 0.199. The zero-order valence-electron chi connectivity index (χ0n) is 8.85. The Kier molecular flexibility index (Phi) is 4.78. The summed E-state index contributed by atoms with van der Waals surface area (Å²) < 4.78 is 28.1. The minimum absolute atomic E-state index is 0.123. The van der Waals surface area contributed by atoms with E-state index in [-0.39, 0.29) is 11.5 Å². The van der Waals surface area contributed by atoms with Crippen LogP contribution in [0.3, 0.4) is 0 Å². The van der Waals surface area contributed by atoms with Crippen molar-refractivity contribution in [2.45, 2.75) is 12.2 Å². The van der Waals surface area contributed by atoms with Gasteiger partial charge in [0.15, 0.2) is 9.84 Å². The number of sulfone groups is 1. The number of hydrogen-bond donors (Lipinski definition) is 0. The van der Waals surface area contributed by atoms with Gasteiger partial charge in [-0.25, -0.2) is 8.42 Å². The molecule has 0 aliphatic carbocycles. The maximum atomic E-state index is 11.6. The highest BCUT2D eigenvalue weighted by Gasteiger charge is 2.10. The molecule has 0 saturated carbocycles. The molecule has 0 aromatic heterocycles. The Labute approximate surface area is 91.0 Å². The summed E-state index contributed by atoms with van der Waals surface area (Å²) in [5.74, 6) is 0.313. The monoisotopic (exact) mass is 228 g/mol. The van der Waals surface area contributed by atoms with Gasteiger partial charge in [-0.2, -0.15) is 0 Å². The number of hydrogen-bond acceptors (Lipinski definition) is 3. The van der Waals surface area contributed by atoms with Crippen LogP contribution in [0.15, 0.2) is 30.3 Å². The van der Waals surface area contributed by atoms with Crippen LogP contribution in [0.1, 0.15) is 12.0 Å². The molecule has 0 aliphatic rings. The van der Waals surface area contributed by atoms with E-state index in [0.717, 1.165) is 5.56 Å². The summed E-state index contributed by atoms with van der Waals surface area (Å²) in [6, 6.07) is 9.22. The van der Waals surface area contributed by atoms with Gasteiger partial charge >= 0.3 is 0 Å². The van der Waals surface area contributed by atoms with Crippen LogP contribution in [0.5, 0.6) is 0 Å². The van der Waals surface area contributed by atoms with E-state index in [1.54, 1.807) is 7.11 Å². The van der Waals surface area contributed by atoms with Crippen molar-refractivity contribution in [1.82, 2.24) is 0 Å². The Balaban J connectivity index is 2.50. The summed E-state index contributed by atoms with van der Waals surface area (Å²) in [7, 11) is -1.41. The van der Waals surface area contributed by atoms with Gasteiger partial charge in [0.2, 0.25) is 0 Å². The summed E-state index contributed by atoms with van der Waals surface area (Å²) >= 11 is 0. The highest BCUT2D eigenvalue weighted by Crippen LogP contribution is 2.06. The zero-order valence-corrected chi connectivity index (χ0v) is 9.66. The first kappa shape index (κ1) is 12.2. The largest absolute Gasteiger partial charge is 0.385 e. The smallest absolute Gasteiger partial charge is 0.154 e. The molecule has 0 atom stereocenters. The average Bonchev–Trinajstić information content (AvgIpc) is 2.18. The van der Waals surface area contributed by atoms with Crippen LogP contribution in [0, 0.1) is 0 Å². The molecule has 0 spiro atoms. The van der Waals surface area contributed by atoms with E-state index < -0.39 is 9.84 Å². The molecule has 84 valence electrons. The summed E-state index contributed by atoms with van der Waals surface area (Å²) in [5.41, 5.74) is 0.843. The van der Waals surface area contributed by atoms with Crippen molar-refractivity contribution in [2.75, 3.05) is 19.5 Å². The maximum absolute atomic E-state index is 11.6. The molecule has 0 unspecified atom stereocenters. The van der Waals surface area contributed by atoms with E-state index in [1.807, 2.05) is 30.3 Å². The summed E-state index contributed by atoms with van der Waals surface area (Å²) in [6.07, 6.45) is 0.561. The lowest BCUT2D eigenvalue weighted by atomic mass is 10.2. The predicted molar refractivity (Wildman–Crippen MR) is 60.4 cm³/mol. The van der Waals surface area contributed by atoms with Gasteiger partial charge in [-0.05, 0) is 12.0 Å². The molecule has 0 amide bonds. The first-order valence-electron chi connectivity index (χ1n) is 4.87. The van der Waals surface area contributed by atoms with Gasteiger partial charge < -0.3 is 4.74 Å². The summed E-state index contributed by atoms with van der Waals surface area (Å²) in [4.78, 5) is 0. The molecule has 0 fully saturated rings. The fourth-order valence-corrected chi connectivity index (χ4v) is 2.73. The van der Waals surface area contributed by atoms with Gasteiger partial charge in [0, 0.05) is 13.7 Å². The molecule has 1 aromatic rings. The fraction of sp³-hybridized carbons (Fsp3) is 0.455. The van der Waals surface area contributed by atoms with Crippen LogP contribution in [-0.2, 0) is 20.3 Å². The molecule has 1 aromatic carbocycles. The van der Waals surface area contributed by atoms with E-state index in [9.17, 15) is 8.42 Å². The number of rotatable bonds is 6. The van der Waals surface area contributed by atoms with E-state index in [4.69, 9.17) is 4.74 Å². The van der Waals surface area contributed by atoms with E-state index in [0.29, 0.717) is 13.0 Å². The Hall–Kier alpha value is -0.870. The van der Waals surface area contributed by atoms with Crippen LogP contribution >= 0.6 is 0 Å². The molecule has 4 heteroatoms. The first-order valence-corrected chi connectivity index (χ1v) is 6.69. The molecule has 0 saturated heterocycles. The lowest BCUT2D eigenvalue weighted by Crippen LogP contribution is -2.10. The third kappa shape index (κ3) is 4.95. The molecule has 15 heavy (non-hydrogen) atoms. The Bertz CT molecular complexity index is 370. The van der Waals surface area contributed by atoms with Crippen molar-refractivity contribution < 1.29 is 13.2 Å². The summed E-state index contributed by atoms with van der Waals surface area (Å²) in [6.45, 7) is 0.494. The van der Waals surface area contributed by atoms with Gasteiger partial charge in [0.25, 0.3) is 0 Å². The van der Waals surface area contributed by atoms with E-state index >= 15 is 0 Å². The minimum atomic E-state index is -2.99. The van der Waals surface area contributed by atoms with Crippen molar-refractivity contribution in [3.8, 4) is 0 Å². The average molecular weight is 228 g/mol. The third-order valence-corrected chi connectivity index (χ3v) is 3.72. The molecule has 0 radical (unpaired) electrons. The van der Waals surface area contributed by atoms with Gasteiger partial charge in [-0.3, -0.25) is 0 Å². The molecule has 0 N–H and O–H groups in total. The second-order valence-electron chi connectivity index (χ2n) is 3.42. The number of benzene rings is 1. The van der Waals surface area contributed by atoms with Crippen molar-refractivity contribution in [3.63, 3.8) is 0 Å². The topological polar surface area (TPSA) is 43.4 Å². The van der Waals surface area contributed by atoms with Crippen molar-refractivity contribution >= 4 is 9.84 Å². The van der Waals surface area contributed by atoms with Gasteiger partial charge in [0.1, 0.15) is 0 Å². The molecular weight excluding hydrogens is 212 g/mol. The molecule has 0 bridgehead atoms. The molecule has 1 rings (SSSR count). The zero-order chi connectivity index (χ0) is 11.1. The Morgan fingerprint density at radius 2 is 1.87 bits per heavy atom. The van der Waals surface area contributed by atoms with E-state index in [2.05, 4.69) is 0 Å². The van der Waals surface area contributed by atoms with Gasteiger partial charge in [-0.1, -0.05) is 30.3 Å². The Morgan fingerprint density at radius 3 is 2.47 bits per heavy atom. The van der Waals surface area contributed by atoms with Crippen LogP contribution < -0.4 is 0 Å². The normalized spacial score (nSPS) is 11.5. The molecule has 0 heterocycles. The second kappa shape index (κ2) is 5.88. The van der Waals surface area contributed by atoms with Crippen LogP contribution in [0.25, 0.3) is 0 Å². The third-order valence-electron chi connectivity index (χ3n) is 2.03. The fourth-order valence-electron chi connectivity index (χ4n) is 1.32. The van der Waals surface area contributed by atoms with E-state index in [1.165, 1.54) is 0 Å². The Morgan fingerprint density at radius 1 is 1.20 bits per heavy atom. The lowest BCUT2D eigenvalue weighted by Gasteiger charge is -2.03. The van der Waals surface area contributed by atoms with Crippen molar-refractivity contribution in [3.05, 3.63) is 35.9 Å². The highest BCUT2D eigenvalue weighted by atomic mass is 32.2. The standard InChI is InChI=1S/C11H16O3S/c1-14-8-5-9-15(12,13)10-11-6-3-2-4-7-11/h2-4,6-7H,5,8-10H2,1H3. The van der Waals surface area contributed by atoms with Crippen LogP contribution in [0.2, 0.25) is 0 Å². The quantitative estimate of drug-likeness (QED) is 0.695. The van der Waals surface area contributed by atoms with Gasteiger partial charge in [0.05, 0.1) is 11.5 Å². The predicted octanol–water partition coefficient (Wildman–Crippen LogP) is 1.64. The van der Waals surface area contributed by atoms with Crippen LogP contribution in [-0.4, -0.2) is 27.9 Å². The first-order chi connectivity index (χ1) is 7.14. The SMILES string of the molecule is COCCCS(=O)(=O)Cc1ccccc1. The summed E-state index contributed by atoms with van der Waals surface area (Å²) in [5, 5.41) is 0. The molecular formula is C11H16O3S. The second-order valence-corrected chi connectivity index (χ2v) is 5.61. The molecule has 3 nitrogen and oxygen atoms in total. The highest BCUT2D eigenvalue weighted by molar-refractivity contribution is 7.90.